The molecule has 0 saturated carbocycles. The van der Waals surface area contributed by atoms with Gasteiger partial charge < -0.3 is 5.73 Å². The molecule has 0 bridgehead atoms. The van der Waals surface area contributed by atoms with E-state index in [0.29, 0.717) is 10.9 Å². The molecule has 0 fully saturated rings. The molecule has 0 radical (unpaired) electrons. The number of hydrogen-bond donors (Lipinski definition) is 1. The van der Waals surface area contributed by atoms with Crippen molar-refractivity contribution in [3.63, 3.8) is 0 Å². The largest absolute Gasteiger partial charge is 0.326 e. The molecule has 2 nitrogen and oxygen atoms in total. The standard InChI is InChI=1S/C10H9ClN2S/c11-9-6-13-10(14-9)8-3-1-2-7(4-8)5-12/h1-4,6H,5,12H2. The van der Waals surface area contributed by atoms with Crippen LogP contribution < -0.4 is 5.73 Å². The minimum Gasteiger partial charge on any atom is -0.326 e. The zero-order chi connectivity index (χ0) is 9.97. The molecule has 2 N–H and O–H groups in total. The summed E-state index contributed by atoms with van der Waals surface area (Å²) >= 11 is 7.29. The van der Waals surface area contributed by atoms with E-state index in [1.165, 1.54) is 11.3 Å². The SMILES string of the molecule is NCc1cccc(-c2ncc(Cl)s2)c1. The van der Waals surface area contributed by atoms with Gasteiger partial charge in [0.1, 0.15) is 9.34 Å². The van der Waals surface area contributed by atoms with Crippen LogP contribution in [0.15, 0.2) is 30.5 Å². The van der Waals surface area contributed by atoms with Crippen LogP contribution in [0, 0.1) is 0 Å². The number of nitrogens with two attached hydrogens (primary N) is 1. The molecule has 0 aliphatic rings. The average molecular weight is 225 g/mol. The normalized spacial score (nSPS) is 10.4. The summed E-state index contributed by atoms with van der Waals surface area (Å²) < 4.78 is 0.707. The second-order valence-electron chi connectivity index (χ2n) is 2.87. The summed E-state index contributed by atoms with van der Waals surface area (Å²) in [5.74, 6) is 0. The quantitative estimate of drug-likeness (QED) is 0.852. The predicted octanol–water partition coefficient (Wildman–Crippen LogP) is 2.92. The molecule has 0 aliphatic carbocycles. The van der Waals surface area contributed by atoms with Crippen molar-refractivity contribution in [1.82, 2.24) is 4.98 Å². The maximum atomic E-state index is 5.82. The molecular weight excluding hydrogens is 216 g/mol. The molecule has 0 amide bonds. The maximum absolute atomic E-state index is 5.82. The lowest BCUT2D eigenvalue weighted by molar-refractivity contribution is 1.07. The van der Waals surface area contributed by atoms with Crippen molar-refractivity contribution in [3.8, 4) is 10.6 Å². The fourth-order valence-corrected chi connectivity index (χ4v) is 2.13. The lowest BCUT2D eigenvalue weighted by Gasteiger charge is -1.99. The fourth-order valence-electron chi connectivity index (χ4n) is 1.22. The van der Waals surface area contributed by atoms with Gasteiger partial charge in [0.2, 0.25) is 0 Å². The van der Waals surface area contributed by atoms with E-state index < -0.39 is 0 Å². The van der Waals surface area contributed by atoms with Gasteiger partial charge in [-0.25, -0.2) is 4.98 Å². The molecule has 1 heterocycles. The third-order valence-corrected chi connectivity index (χ3v) is 3.05. The van der Waals surface area contributed by atoms with E-state index in [4.69, 9.17) is 17.3 Å². The Hall–Kier alpha value is -0.900. The van der Waals surface area contributed by atoms with E-state index in [2.05, 4.69) is 4.98 Å². The van der Waals surface area contributed by atoms with Crippen LogP contribution in [0.5, 0.6) is 0 Å². The smallest absolute Gasteiger partial charge is 0.124 e. The first kappa shape index (κ1) is 9.65. The van der Waals surface area contributed by atoms with Crippen molar-refractivity contribution in [2.24, 2.45) is 5.73 Å². The van der Waals surface area contributed by atoms with Gasteiger partial charge >= 0.3 is 0 Å². The third-order valence-electron chi connectivity index (χ3n) is 1.89. The monoisotopic (exact) mass is 224 g/mol. The molecule has 0 spiro atoms. The van der Waals surface area contributed by atoms with Crippen molar-refractivity contribution in [3.05, 3.63) is 40.4 Å². The van der Waals surface area contributed by atoms with Gasteiger partial charge in [-0.05, 0) is 11.6 Å². The van der Waals surface area contributed by atoms with Gasteiger partial charge in [0.15, 0.2) is 0 Å². The lowest BCUT2D eigenvalue weighted by atomic mass is 10.1. The number of rotatable bonds is 2. The second kappa shape index (κ2) is 4.09. The molecule has 2 rings (SSSR count). The lowest BCUT2D eigenvalue weighted by Crippen LogP contribution is -1.95. The number of nitrogens with zero attached hydrogens (tertiary/aromatic N) is 1. The first-order valence-corrected chi connectivity index (χ1v) is 5.40. The minimum absolute atomic E-state index is 0.549. The molecule has 14 heavy (non-hydrogen) atoms. The van der Waals surface area contributed by atoms with Gasteiger partial charge in [-0.2, -0.15) is 0 Å². The van der Waals surface area contributed by atoms with Crippen LogP contribution >= 0.6 is 22.9 Å². The Morgan fingerprint density at radius 1 is 1.43 bits per heavy atom. The highest BCUT2D eigenvalue weighted by molar-refractivity contribution is 7.18. The molecule has 1 aromatic carbocycles. The van der Waals surface area contributed by atoms with E-state index in [-0.39, 0.29) is 0 Å². The summed E-state index contributed by atoms with van der Waals surface area (Å²) in [5.41, 5.74) is 7.74. The second-order valence-corrected chi connectivity index (χ2v) is 4.54. The van der Waals surface area contributed by atoms with Gasteiger partial charge in [-0.15, -0.1) is 11.3 Å². The van der Waals surface area contributed by atoms with Crippen molar-refractivity contribution in [2.45, 2.75) is 6.54 Å². The van der Waals surface area contributed by atoms with Crippen molar-refractivity contribution in [1.29, 1.82) is 0 Å². The summed E-state index contributed by atoms with van der Waals surface area (Å²) in [6, 6.07) is 8.02. The zero-order valence-electron chi connectivity index (χ0n) is 7.40. The van der Waals surface area contributed by atoms with Gasteiger partial charge in [-0.3, -0.25) is 0 Å². The van der Waals surface area contributed by atoms with Crippen LogP contribution in [0.1, 0.15) is 5.56 Å². The molecule has 0 unspecified atom stereocenters. The molecule has 0 atom stereocenters. The van der Waals surface area contributed by atoms with E-state index in [1.807, 2.05) is 24.3 Å². The number of hydrogen-bond acceptors (Lipinski definition) is 3. The molecular formula is C10H9ClN2S. The van der Waals surface area contributed by atoms with Crippen LogP contribution in [0.3, 0.4) is 0 Å². The molecule has 1 aromatic heterocycles. The number of aromatic nitrogens is 1. The van der Waals surface area contributed by atoms with Crippen molar-refractivity contribution < 1.29 is 0 Å². The third kappa shape index (κ3) is 1.95. The Morgan fingerprint density at radius 3 is 2.93 bits per heavy atom. The minimum atomic E-state index is 0.549. The Morgan fingerprint density at radius 2 is 2.29 bits per heavy atom. The van der Waals surface area contributed by atoms with Gasteiger partial charge in [0.05, 0.1) is 6.20 Å². The Kier molecular flexibility index (Phi) is 2.82. The topological polar surface area (TPSA) is 38.9 Å². The van der Waals surface area contributed by atoms with E-state index in [0.717, 1.165) is 16.1 Å². The molecule has 0 saturated heterocycles. The zero-order valence-corrected chi connectivity index (χ0v) is 8.98. The van der Waals surface area contributed by atoms with Gasteiger partial charge in [0, 0.05) is 12.1 Å². The number of benzene rings is 1. The molecule has 0 aliphatic heterocycles. The highest BCUT2D eigenvalue weighted by atomic mass is 35.5. The Bertz CT molecular complexity index is 439. The molecule has 72 valence electrons. The first-order chi connectivity index (χ1) is 6.79. The van der Waals surface area contributed by atoms with Crippen molar-refractivity contribution in [2.75, 3.05) is 0 Å². The van der Waals surface area contributed by atoms with Gasteiger partial charge in [0.25, 0.3) is 0 Å². The predicted molar refractivity (Wildman–Crippen MR) is 60.5 cm³/mol. The summed E-state index contributed by atoms with van der Waals surface area (Å²) in [7, 11) is 0. The highest BCUT2D eigenvalue weighted by Gasteiger charge is 2.03. The summed E-state index contributed by atoms with van der Waals surface area (Å²) in [6.45, 7) is 0.549. The number of halogens is 1. The van der Waals surface area contributed by atoms with Crippen LogP contribution in [0.4, 0.5) is 0 Å². The van der Waals surface area contributed by atoms with Crippen LogP contribution in [0.25, 0.3) is 10.6 Å². The van der Waals surface area contributed by atoms with E-state index in [9.17, 15) is 0 Å². The van der Waals surface area contributed by atoms with Gasteiger partial charge in [-0.1, -0.05) is 29.8 Å². The molecule has 4 heteroatoms. The summed E-state index contributed by atoms with van der Waals surface area (Å²) in [4.78, 5) is 4.21. The average Bonchev–Trinajstić information content (AvgIpc) is 2.65. The van der Waals surface area contributed by atoms with Crippen molar-refractivity contribution >= 4 is 22.9 Å². The first-order valence-electron chi connectivity index (χ1n) is 4.20. The maximum Gasteiger partial charge on any atom is 0.124 e. The highest BCUT2D eigenvalue weighted by Crippen LogP contribution is 2.28. The van der Waals surface area contributed by atoms with E-state index >= 15 is 0 Å². The van der Waals surface area contributed by atoms with Crippen LogP contribution in [0.2, 0.25) is 4.34 Å². The number of thiazole rings is 1. The van der Waals surface area contributed by atoms with E-state index in [1.54, 1.807) is 6.20 Å². The summed E-state index contributed by atoms with van der Waals surface area (Å²) in [5, 5.41) is 0.935. The summed E-state index contributed by atoms with van der Waals surface area (Å²) in [6.07, 6.45) is 1.66. The fraction of sp³-hybridized carbons (Fsp3) is 0.100. The Balaban J connectivity index is 2.41. The van der Waals surface area contributed by atoms with Crippen LogP contribution in [-0.2, 0) is 6.54 Å². The Labute approximate surface area is 91.4 Å². The molecule has 2 aromatic rings. The van der Waals surface area contributed by atoms with Crippen LogP contribution in [-0.4, -0.2) is 4.98 Å².